The molecule has 2 aliphatic rings. The highest BCUT2D eigenvalue weighted by atomic mass is 35.5. The maximum atomic E-state index is 13.3. The molecule has 0 N–H and O–H groups in total. The summed E-state index contributed by atoms with van der Waals surface area (Å²) in [5.41, 5.74) is 3.16. The molecule has 0 radical (unpaired) electrons. The van der Waals surface area contributed by atoms with E-state index >= 15 is 0 Å². The van der Waals surface area contributed by atoms with Gasteiger partial charge in [-0.2, -0.15) is 0 Å². The second-order valence-corrected chi connectivity index (χ2v) is 9.31. The van der Waals surface area contributed by atoms with Crippen LogP contribution >= 0.6 is 11.6 Å². The third-order valence-corrected chi connectivity index (χ3v) is 6.98. The van der Waals surface area contributed by atoms with E-state index in [4.69, 9.17) is 16.3 Å². The Kier molecular flexibility index (Phi) is 7.14. The van der Waals surface area contributed by atoms with Gasteiger partial charge < -0.3 is 9.64 Å². The van der Waals surface area contributed by atoms with Crippen LogP contribution < -0.4 is 0 Å². The van der Waals surface area contributed by atoms with Crippen molar-refractivity contribution in [3.63, 3.8) is 0 Å². The number of aryl methyl sites for hydroxylation is 1. The van der Waals surface area contributed by atoms with Crippen molar-refractivity contribution in [3.05, 3.63) is 76.3 Å². The Labute approximate surface area is 191 Å². The van der Waals surface area contributed by atoms with E-state index in [2.05, 4.69) is 47.4 Å². The number of halogens is 1. The van der Waals surface area contributed by atoms with E-state index < -0.39 is 5.41 Å². The van der Waals surface area contributed by atoms with Gasteiger partial charge in [0.05, 0.1) is 6.61 Å². The molecule has 2 bridgehead atoms. The first-order chi connectivity index (χ1) is 15.1. The lowest BCUT2D eigenvalue weighted by molar-refractivity contribution is -0.158. The van der Waals surface area contributed by atoms with Crippen LogP contribution in [0.3, 0.4) is 0 Å². The van der Waals surface area contributed by atoms with E-state index in [1.807, 2.05) is 25.1 Å². The number of carbonyl (C=O) groups excluding carboxylic acids is 1. The summed E-state index contributed by atoms with van der Waals surface area (Å²) in [7, 11) is 0. The third-order valence-electron chi connectivity index (χ3n) is 6.74. The van der Waals surface area contributed by atoms with E-state index in [1.165, 1.54) is 11.1 Å². The van der Waals surface area contributed by atoms with Crippen LogP contribution in [0.25, 0.3) is 6.08 Å². The van der Waals surface area contributed by atoms with Crippen LogP contribution in [0.1, 0.15) is 43.7 Å². The number of piperidine rings is 1. The number of likely N-dealkylation sites (tertiary alicyclic amines) is 1. The largest absolute Gasteiger partial charge is 0.465 e. The minimum absolute atomic E-state index is 0.0549. The second-order valence-electron chi connectivity index (χ2n) is 8.87. The summed E-state index contributed by atoms with van der Waals surface area (Å²) in [6.45, 7) is 5.10. The van der Waals surface area contributed by atoms with Gasteiger partial charge in [0.2, 0.25) is 0 Å². The molecule has 0 unspecified atom stereocenters. The van der Waals surface area contributed by atoms with Gasteiger partial charge in [0, 0.05) is 18.1 Å². The summed E-state index contributed by atoms with van der Waals surface area (Å²) in [5.74, 6) is 0.336. The van der Waals surface area contributed by atoms with Crippen molar-refractivity contribution in [2.45, 2.75) is 39.0 Å². The molecule has 2 aromatic rings. The first-order valence-electron chi connectivity index (χ1n) is 11.5. The minimum Gasteiger partial charge on any atom is -0.465 e. The maximum Gasteiger partial charge on any atom is 0.317 e. The average molecular weight is 438 g/mol. The monoisotopic (exact) mass is 437 g/mol. The molecule has 2 fully saturated rings. The molecular weight excluding hydrogens is 406 g/mol. The van der Waals surface area contributed by atoms with Gasteiger partial charge in [-0.25, -0.2) is 0 Å². The van der Waals surface area contributed by atoms with Gasteiger partial charge in [-0.3, -0.25) is 4.79 Å². The summed E-state index contributed by atoms with van der Waals surface area (Å²) < 4.78 is 5.64. The number of carbonyl (C=O) groups is 1. The van der Waals surface area contributed by atoms with Crippen molar-refractivity contribution in [3.8, 4) is 0 Å². The highest BCUT2D eigenvalue weighted by Crippen LogP contribution is 2.50. The van der Waals surface area contributed by atoms with E-state index in [1.54, 1.807) is 0 Å². The van der Waals surface area contributed by atoms with Crippen LogP contribution in [0, 0.1) is 11.3 Å². The van der Waals surface area contributed by atoms with Crippen molar-refractivity contribution < 1.29 is 9.53 Å². The molecule has 0 spiro atoms. The summed E-state index contributed by atoms with van der Waals surface area (Å²) >= 11 is 6.23. The molecule has 2 aromatic carbocycles. The topological polar surface area (TPSA) is 29.5 Å². The van der Waals surface area contributed by atoms with Gasteiger partial charge in [0.1, 0.15) is 5.41 Å². The molecular formula is C27H32ClNO2. The molecule has 1 heterocycles. The van der Waals surface area contributed by atoms with Crippen LogP contribution in [0.15, 0.2) is 60.2 Å². The molecule has 1 saturated carbocycles. The molecule has 164 valence electrons. The maximum absolute atomic E-state index is 13.3. The first kappa shape index (κ1) is 22.1. The standard InChI is InChI=1S/C27H32ClNO2/c1-2-31-26(30)27-15-7-13-23(25(27)18-22-11-6-14-24(28)17-22)19-29(20-27)16-8-12-21-9-4-3-5-10-21/h3-6,9-11,14,17-18,23H,2,7-8,12-13,15-16,19-20H2,1H3/t23-,27-/m1/s1. The smallest absolute Gasteiger partial charge is 0.317 e. The lowest BCUT2D eigenvalue weighted by atomic mass is 9.62. The Morgan fingerprint density at radius 2 is 2.06 bits per heavy atom. The highest BCUT2D eigenvalue weighted by Gasteiger charge is 2.52. The van der Waals surface area contributed by atoms with Gasteiger partial charge >= 0.3 is 5.97 Å². The highest BCUT2D eigenvalue weighted by molar-refractivity contribution is 6.30. The molecule has 4 rings (SSSR count). The predicted molar refractivity (Wildman–Crippen MR) is 127 cm³/mol. The summed E-state index contributed by atoms with van der Waals surface area (Å²) in [4.78, 5) is 15.8. The number of hydrogen-bond donors (Lipinski definition) is 0. The van der Waals surface area contributed by atoms with Gasteiger partial charge in [0.25, 0.3) is 0 Å². The number of hydrogen-bond acceptors (Lipinski definition) is 3. The summed E-state index contributed by atoms with van der Waals surface area (Å²) in [6.07, 6.45) is 7.46. The fourth-order valence-electron chi connectivity index (χ4n) is 5.37. The van der Waals surface area contributed by atoms with Crippen molar-refractivity contribution in [1.82, 2.24) is 4.90 Å². The lowest BCUT2D eigenvalue weighted by Crippen LogP contribution is -2.55. The van der Waals surface area contributed by atoms with Crippen LogP contribution in [0.2, 0.25) is 5.02 Å². The molecule has 0 aromatic heterocycles. The molecule has 1 aliphatic heterocycles. The zero-order valence-electron chi connectivity index (χ0n) is 18.4. The summed E-state index contributed by atoms with van der Waals surface area (Å²) in [6, 6.07) is 18.6. The molecule has 2 atom stereocenters. The van der Waals surface area contributed by atoms with Crippen molar-refractivity contribution in [1.29, 1.82) is 0 Å². The zero-order valence-corrected chi connectivity index (χ0v) is 19.1. The van der Waals surface area contributed by atoms with Crippen molar-refractivity contribution in [2.24, 2.45) is 11.3 Å². The fraction of sp³-hybridized carbons (Fsp3) is 0.444. The number of fused-ring (bicyclic) bond motifs is 2. The van der Waals surface area contributed by atoms with E-state index in [-0.39, 0.29) is 5.97 Å². The molecule has 31 heavy (non-hydrogen) atoms. The minimum atomic E-state index is -0.535. The Morgan fingerprint density at radius 3 is 2.84 bits per heavy atom. The SMILES string of the molecule is CCOC(=O)[C@]12CCC[C@H](CN(CCCc3ccccc3)C1)C2=Cc1cccc(Cl)c1. The number of esters is 1. The van der Waals surface area contributed by atoms with Crippen molar-refractivity contribution >= 4 is 23.6 Å². The van der Waals surface area contributed by atoms with E-state index in [0.29, 0.717) is 12.5 Å². The molecule has 1 aliphatic carbocycles. The van der Waals surface area contributed by atoms with Gasteiger partial charge in [0.15, 0.2) is 0 Å². The van der Waals surface area contributed by atoms with E-state index in [0.717, 1.165) is 62.3 Å². The van der Waals surface area contributed by atoms with Crippen LogP contribution in [0.5, 0.6) is 0 Å². The predicted octanol–water partition coefficient (Wildman–Crippen LogP) is 6.02. The van der Waals surface area contributed by atoms with Gasteiger partial charge in [-0.15, -0.1) is 0 Å². The normalized spacial score (nSPS) is 24.8. The van der Waals surface area contributed by atoms with Crippen molar-refractivity contribution in [2.75, 3.05) is 26.2 Å². The van der Waals surface area contributed by atoms with Crippen LogP contribution in [-0.2, 0) is 16.0 Å². The number of rotatable bonds is 7. The average Bonchev–Trinajstić information content (AvgIpc) is 2.75. The Bertz CT molecular complexity index is 926. The fourth-order valence-corrected chi connectivity index (χ4v) is 5.56. The van der Waals surface area contributed by atoms with Crippen LogP contribution in [0.4, 0.5) is 0 Å². The first-order valence-corrected chi connectivity index (χ1v) is 11.9. The second kappa shape index (κ2) is 10.0. The number of benzene rings is 2. The zero-order chi connectivity index (χ0) is 21.7. The molecule has 1 saturated heterocycles. The van der Waals surface area contributed by atoms with Gasteiger partial charge in [-0.1, -0.05) is 66.6 Å². The third kappa shape index (κ3) is 5.05. The molecule has 4 heteroatoms. The molecule has 3 nitrogen and oxygen atoms in total. The Balaban J connectivity index is 1.56. The number of nitrogens with zero attached hydrogens (tertiary/aromatic N) is 1. The summed E-state index contributed by atoms with van der Waals surface area (Å²) in [5, 5.41) is 0.725. The van der Waals surface area contributed by atoms with E-state index in [9.17, 15) is 4.79 Å². The number of ether oxygens (including phenoxy) is 1. The Morgan fingerprint density at radius 1 is 1.23 bits per heavy atom. The molecule has 0 amide bonds. The Hall–Kier alpha value is -2.10. The van der Waals surface area contributed by atoms with Crippen LogP contribution in [-0.4, -0.2) is 37.1 Å². The quantitative estimate of drug-likeness (QED) is 0.496. The lowest BCUT2D eigenvalue weighted by Gasteiger charge is -2.50. The van der Waals surface area contributed by atoms with Gasteiger partial charge in [-0.05, 0) is 73.9 Å².